The van der Waals surface area contributed by atoms with Crippen LogP contribution in [0.2, 0.25) is 0 Å². The van der Waals surface area contributed by atoms with Crippen LogP contribution in [0.4, 0.5) is 4.39 Å². The van der Waals surface area contributed by atoms with E-state index in [4.69, 9.17) is 0 Å². The second-order valence-corrected chi connectivity index (χ2v) is 9.63. The van der Waals surface area contributed by atoms with Gasteiger partial charge in [0.05, 0.1) is 0 Å². The van der Waals surface area contributed by atoms with Crippen LogP contribution >= 0.6 is 11.3 Å². The first kappa shape index (κ1) is 25.0. The van der Waals surface area contributed by atoms with Gasteiger partial charge in [-0.15, -0.1) is 11.3 Å². The van der Waals surface area contributed by atoms with Gasteiger partial charge in [-0.2, -0.15) is 0 Å². The van der Waals surface area contributed by atoms with Crippen molar-refractivity contribution in [3.05, 3.63) is 57.8 Å². The second-order valence-electron chi connectivity index (χ2n) is 8.49. The van der Waals surface area contributed by atoms with Crippen LogP contribution in [0.1, 0.15) is 85.3 Å². The van der Waals surface area contributed by atoms with E-state index in [1.165, 1.54) is 49.5 Å². The summed E-state index contributed by atoms with van der Waals surface area (Å²) in [6.07, 6.45) is 14.9. The van der Waals surface area contributed by atoms with Gasteiger partial charge in [-0.1, -0.05) is 64.5 Å². The SMILES string of the molecule is CCCCCCCCc1cnc(-c2ccc(-c3cc(CCCC)sc3C(=O)O)c(F)c2)nc1. The van der Waals surface area contributed by atoms with Gasteiger partial charge in [-0.3, -0.25) is 0 Å². The third-order valence-corrected chi connectivity index (χ3v) is 6.98. The lowest BCUT2D eigenvalue weighted by Gasteiger charge is -2.07. The number of carboxylic acids is 1. The van der Waals surface area contributed by atoms with Gasteiger partial charge >= 0.3 is 5.97 Å². The number of carbonyl (C=O) groups is 1. The average molecular weight is 469 g/mol. The molecule has 3 rings (SSSR count). The zero-order valence-corrected chi connectivity index (χ0v) is 20.4. The molecule has 2 aromatic heterocycles. The Morgan fingerprint density at radius 3 is 2.27 bits per heavy atom. The van der Waals surface area contributed by atoms with Crippen LogP contribution in [0, 0.1) is 5.82 Å². The number of rotatable bonds is 13. The molecule has 0 radical (unpaired) electrons. The van der Waals surface area contributed by atoms with Gasteiger partial charge in [-0.05, 0) is 43.4 Å². The summed E-state index contributed by atoms with van der Waals surface area (Å²) in [7, 11) is 0. The Balaban J connectivity index is 1.71. The minimum absolute atomic E-state index is 0.183. The van der Waals surface area contributed by atoms with Gasteiger partial charge in [0, 0.05) is 34.0 Å². The lowest BCUT2D eigenvalue weighted by molar-refractivity contribution is 0.0703. The third kappa shape index (κ3) is 6.94. The Hall–Kier alpha value is -2.60. The summed E-state index contributed by atoms with van der Waals surface area (Å²) >= 11 is 1.23. The van der Waals surface area contributed by atoms with E-state index in [0.717, 1.165) is 42.5 Å². The summed E-state index contributed by atoms with van der Waals surface area (Å²) in [4.78, 5) is 21.7. The smallest absolute Gasteiger partial charge is 0.346 e. The van der Waals surface area contributed by atoms with Crippen molar-refractivity contribution in [1.29, 1.82) is 0 Å². The van der Waals surface area contributed by atoms with Gasteiger partial charge in [-0.25, -0.2) is 19.2 Å². The van der Waals surface area contributed by atoms with Crippen molar-refractivity contribution in [1.82, 2.24) is 9.97 Å². The molecule has 0 saturated carbocycles. The number of hydrogen-bond donors (Lipinski definition) is 1. The second kappa shape index (κ2) is 12.6. The number of nitrogens with zero attached hydrogens (tertiary/aromatic N) is 2. The molecule has 0 aliphatic rings. The summed E-state index contributed by atoms with van der Waals surface area (Å²) in [6, 6.07) is 6.61. The molecule has 2 heterocycles. The van der Waals surface area contributed by atoms with Crippen LogP contribution in [0.15, 0.2) is 36.7 Å². The predicted octanol–water partition coefficient (Wildman–Crippen LogP) is 7.96. The Morgan fingerprint density at radius 1 is 0.909 bits per heavy atom. The Kier molecular flexibility index (Phi) is 9.55. The van der Waals surface area contributed by atoms with Crippen LogP contribution in [0.5, 0.6) is 0 Å². The number of aryl methyl sites for hydroxylation is 2. The fourth-order valence-corrected chi connectivity index (χ4v) is 4.94. The van der Waals surface area contributed by atoms with Crippen molar-refractivity contribution < 1.29 is 14.3 Å². The number of hydrogen-bond acceptors (Lipinski definition) is 4. The number of aromatic carboxylic acids is 1. The highest BCUT2D eigenvalue weighted by molar-refractivity contribution is 7.14. The van der Waals surface area contributed by atoms with Gasteiger partial charge in [0.25, 0.3) is 0 Å². The molecular weight excluding hydrogens is 435 g/mol. The first-order valence-electron chi connectivity index (χ1n) is 12.0. The van der Waals surface area contributed by atoms with Crippen molar-refractivity contribution in [2.75, 3.05) is 0 Å². The summed E-state index contributed by atoms with van der Waals surface area (Å²) in [5.41, 5.74) is 2.42. The summed E-state index contributed by atoms with van der Waals surface area (Å²) in [6.45, 7) is 4.31. The highest BCUT2D eigenvalue weighted by atomic mass is 32.1. The quantitative estimate of drug-likeness (QED) is 0.258. The van der Waals surface area contributed by atoms with Crippen molar-refractivity contribution >= 4 is 17.3 Å². The number of halogens is 1. The van der Waals surface area contributed by atoms with E-state index in [0.29, 0.717) is 22.5 Å². The minimum atomic E-state index is -1.02. The molecule has 1 aromatic carbocycles. The molecule has 0 aliphatic heterocycles. The molecular formula is C27H33FN2O2S. The van der Waals surface area contributed by atoms with Crippen LogP contribution in [-0.2, 0) is 12.8 Å². The van der Waals surface area contributed by atoms with Crippen LogP contribution in [-0.4, -0.2) is 21.0 Å². The monoisotopic (exact) mass is 468 g/mol. The molecule has 4 nitrogen and oxygen atoms in total. The maximum absolute atomic E-state index is 15.1. The van der Waals surface area contributed by atoms with Crippen molar-refractivity contribution in [3.8, 4) is 22.5 Å². The molecule has 0 atom stereocenters. The van der Waals surface area contributed by atoms with E-state index in [2.05, 4.69) is 23.8 Å². The maximum Gasteiger partial charge on any atom is 0.346 e. The predicted molar refractivity (Wildman–Crippen MR) is 133 cm³/mol. The number of benzene rings is 1. The van der Waals surface area contributed by atoms with Crippen LogP contribution in [0.25, 0.3) is 22.5 Å². The van der Waals surface area contributed by atoms with Crippen molar-refractivity contribution in [2.45, 2.75) is 78.1 Å². The number of aromatic nitrogens is 2. The summed E-state index contributed by atoms with van der Waals surface area (Å²) < 4.78 is 15.1. The first-order valence-corrected chi connectivity index (χ1v) is 12.8. The largest absolute Gasteiger partial charge is 0.477 e. The van der Waals surface area contributed by atoms with Gasteiger partial charge in [0.15, 0.2) is 5.82 Å². The zero-order chi connectivity index (χ0) is 23.6. The summed E-state index contributed by atoms with van der Waals surface area (Å²) in [5, 5.41) is 9.60. The molecule has 0 amide bonds. The molecule has 176 valence electrons. The van der Waals surface area contributed by atoms with Gasteiger partial charge in [0.1, 0.15) is 10.7 Å². The zero-order valence-electron chi connectivity index (χ0n) is 19.6. The fourth-order valence-electron chi connectivity index (χ4n) is 3.89. The lowest BCUT2D eigenvalue weighted by atomic mass is 10.0. The fraction of sp³-hybridized carbons (Fsp3) is 0.444. The van der Waals surface area contributed by atoms with E-state index < -0.39 is 11.8 Å². The van der Waals surface area contributed by atoms with Crippen LogP contribution in [0.3, 0.4) is 0 Å². The van der Waals surface area contributed by atoms with E-state index in [1.54, 1.807) is 12.1 Å². The highest BCUT2D eigenvalue weighted by Crippen LogP contribution is 2.35. The Labute approximate surface area is 199 Å². The van der Waals surface area contributed by atoms with Crippen LogP contribution < -0.4 is 0 Å². The molecule has 3 aromatic rings. The normalized spacial score (nSPS) is 11.1. The maximum atomic E-state index is 15.1. The highest BCUT2D eigenvalue weighted by Gasteiger charge is 2.20. The molecule has 0 unspecified atom stereocenters. The van der Waals surface area contributed by atoms with Gasteiger partial charge in [0.2, 0.25) is 0 Å². The molecule has 0 fully saturated rings. The Morgan fingerprint density at radius 2 is 1.61 bits per heavy atom. The molecule has 0 aliphatic carbocycles. The van der Waals surface area contributed by atoms with E-state index >= 15 is 4.39 Å². The molecule has 33 heavy (non-hydrogen) atoms. The molecule has 6 heteroatoms. The van der Waals surface area contributed by atoms with Crippen molar-refractivity contribution in [2.24, 2.45) is 0 Å². The van der Waals surface area contributed by atoms with Gasteiger partial charge < -0.3 is 5.11 Å². The topological polar surface area (TPSA) is 63.1 Å². The summed E-state index contributed by atoms with van der Waals surface area (Å²) in [5.74, 6) is -1.01. The molecule has 1 N–H and O–H groups in total. The molecule has 0 spiro atoms. The Bertz CT molecular complexity index is 1050. The van der Waals surface area contributed by atoms with E-state index in [9.17, 15) is 9.90 Å². The minimum Gasteiger partial charge on any atom is -0.477 e. The lowest BCUT2D eigenvalue weighted by Crippen LogP contribution is -1.97. The number of carboxylic acid groups (broad SMARTS) is 1. The van der Waals surface area contributed by atoms with E-state index in [1.807, 2.05) is 18.5 Å². The standard InChI is InChI=1S/C27H33FN2O2S/c1-3-5-7-8-9-10-11-19-17-29-26(30-18-19)20-13-14-22(24(28)15-20)23-16-21(12-6-4-2)33-25(23)27(31)32/h13-18H,3-12H2,1-2H3,(H,31,32). The number of unbranched alkanes of at least 4 members (excludes halogenated alkanes) is 6. The third-order valence-electron chi connectivity index (χ3n) is 5.80. The number of thiophene rings is 1. The first-order chi connectivity index (χ1) is 16.0. The average Bonchev–Trinajstić information content (AvgIpc) is 3.24. The molecule has 0 bridgehead atoms. The van der Waals surface area contributed by atoms with E-state index in [-0.39, 0.29) is 4.88 Å². The van der Waals surface area contributed by atoms with Crippen molar-refractivity contribution in [3.63, 3.8) is 0 Å². The molecule has 0 saturated heterocycles.